The smallest absolute Gasteiger partial charge is 0.234 e. The van der Waals surface area contributed by atoms with Gasteiger partial charge in [-0.1, -0.05) is 29.4 Å². The van der Waals surface area contributed by atoms with Crippen molar-refractivity contribution < 1.29 is 9.53 Å². The van der Waals surface area contributed by atoms with Crippen LogP contribution in [-0.4, -0.2) is 39.1 Å². The van der Waals surface area contributed by atoms with E-state index in [1.807, 2.05) is 19.1 Å². The summed E-state index contributed by atoms with van der Waals surface area (Å²) >= 11 is 7.45. The number of amides is 1. The van der Waals surface area contributed by atoms with Crippen LogP contribution in [0.2, 0.25) is 5.02 Å². The lowest BCUT2D eigenvalue weighted by atomic mass is 10.2. The van der Waals surface area contributed by atoms with Crippen molar-refractivity contribution in [2.24, 2.45) is 0 Å². The monoisotopic (exact) mass is 406 g/mol. The molecule has 1 aliphatic heterocycles. The first-order valence-corrected chi connectivity index (χ1v) is 10.7. The molecule has 144 valence electrons. The molecular formula is C19H23ClN4O2S. The highest BCUT2D eigenvalue weighted by atomic mass is 35.5. The number of nitrogens with zero attached hydrogens (tertiary/aromatic N) is 3. The second kappa shape index (κ2) is 8.20. The molecule has 4 rings (SSSR count). The van der Waals surface area contributed by atoms with Gasteiger partial charge in [0.2, 0.25) is 5.91 Å². The minimum atomic E-state index is -0.0787. The molecule has 27 heavy (non-hydrogen) atoms. The van der Waals surface area contributed by atoms with Crippen molar-refractivity contribution in [1.82, 2.24) is 14.8 Å². The van der Waals surface area contributed by atoms with Crippen molar-refractivity contribution in [2.75, 3.05) is 17.7 Å². The summed E-state index contributed by atoms with van der Waals surface area (Å²) in [6.45, 7) is 3.55. The van der Waals surface area contributed by atoms with Crippen LogP contribution in [-0.2, 0) is 16.1 Å². The average Bonchev–Trinajstić information content (AvgIpc) is 3.21. The highest BCUT2D eigenvalue weighted by Gasteiger charge is 2.32. The van der Waals surface area contributed by atoms with Crippen LogP contribution in [0, 0.1) is 6.92 Å². The third-order valence-corrected chi connectivity index (χ3v) is 6.11. The number of nitrogens with one attached hydrogen (secondary N) is 1. The van der Waals surface area contributed by atoms with Gasteiger partial charge in [0.25, 0.3) is 0 Å². The van der Waals surface area contributed by atoms with Gasteiger partial charge in [-0.25, -0.2) is 0 Å². The van der Waals surface area contributed by atoms with Crippen molar-refractivity contribution >= 4 is 35.0 Å². The van der Waals surface area contributed by atoms with E-state index in [-0.39, 0.29) is 17.8 Å². The van der Waals surface area contributed by atoms with E-state index in [1.165, 1.54) is 24.6 Å². The maximum Gasteiger partial charge on any atom is 0.234 e. The van der Waals surface area contributed by atoms with Crippen LogP contribution in [0.1, 0.15) is 43.0 Å². The summed E-state index contributed by atoms with van der Waals surface area (Å²) in [5.74, 6) is 1.75. The predicted octanol–water partition coefficient (Wildman–Crippen LogP) is 4.03. The van der Waals surface area contributed by atoms with Gasteiger partial charge in [-0.2, -0.15) is 0 Å². The summed E-state index contributed by atoms with van der Waals surface area (Å²) in [4.78, 5) is 12.4. The van der Waals surface area contributed by atoms with E-state index >= 15 is 0 Å². The van der Waals surface area contributed by atoms with E-state index in [1.54, 1.807) is 6.07 Å². The summed E-state index contributed by atoms with van der Waals surface area (Å²) in [7, 11) is 0. The largest absolute Gasteiger partial charge is 0.376 e. The van der Waals surface area contributed by atoms with Gasteiger partial charge < -0.3 is 14.6 Å². The summed E-state index contributed by atoms with van der Waals surface area (Å²) in [5.41, 5.74) is 1.72. The third-order valence-electron chi connectivity index (χ3n) is 4.90. The van der Waals surface area contributed by atoms with E-state index in [0.717, 1.165) is 48.2 Å². The number of ether oxygens (including phenoxy) is 1. The Morgan fingerprint density at radius 3 is 2.96 bits per heavy atom. The second-order valence-electron chi connectivity index (χ2n) is 7.16. The number of thioether (sulfide) groups is 1. The number of aromatic nitrogens is 3. The van der Waals surface area contributed by atoms with Gasteiger partial charge in [-0.15, -0.1) is 10.2 Å². The molecule has 1 N–H and O–H groups in total. The Balaban J connectivity index is 1.41. The first-order chi connectivity index (χ1) is 13.1. The molecule has 1 amide bonds. The van der Waals surface area contributed by atoms with Gasteiger partial charge >= 0.3 is 0 Å². The van der Waals surface area contributed by atoms with E-state index < -0.39 is 0 Å². The highest BCUT2D eigenvalue weighted by molar-refractivity contribution is 7.99. The van der Waals surface area contributed by atoms with Crippen LogP contribution in [0.3, 0.4) is 0 Å². The Morgan fingerprint density at radius 2 is 2.22 bits per heavy atom. The summed E-state index contributed by atoms with van der Waals surface area (Å²) < 4.78 is 7.95. The lowest BCUT2D eigenvalue weighted by Gasteiger charge is -2.14. The third kappa shape index (κ3) is 4.65. The Bertz CT molecular complexity index is 831. The summed E-state index contributed by atoms with van der Waals surface area (Å²) in [6, 6.07) is 5.48. The molecule has 1 saturated heterocycles. The van der Waals surface area contributed by atoms with Gasteiger partial charge in [0.05, 0.1) is 18.4 Å². The maximum absolute atomic E-state index is 12.4. The number of aryl methyl sites for hydroxylation is 1. The molecule has 2 aromatic rings. The fourth-order valence-corrected chi connectivity index (χ4v) is 4.19. The molecule has 1 saturated carbocycles. The van der Waals surface area contributed by atoms with E-state index in [4.69, 9.17) is 16.3 Å². The SMILES string of the molecule is Cc1ccc(Cl)cc1NC(=O)CSc1nnc(C2CC2)n1CC1CCCO1. The molecule has 8 heteroatoms. The Kier molecular flexibility index (Phi) is 5.71. The second-order valence-corrected chi connectivity index (χ2v) is 8.54. The summed E-state index contributed by atoms with van der Waals surface area (Å²) in [5, 5.41) is 13.1. The molecule has 0 spiro atoms. The molecule has 0 radical (unpaired) electrons. The van der Waals surface area contributed by atoms with E-state index in [2.05, 4.69) is 20.1 Å². The maximum atomic E-state index is 12.4. The number of carbonyl (C=O) groups excluding carboxylic acids is 1. The highest BCUT2D eigenvalue weighted by Crippen LogP contribution is 2.40. The number of rotatable bonds is 7. The molecule has 1 atom stereocenters. The van der Waals surface area contributed by atoms with Crippen LogP contribution in [0.15, 0.2) is 23.4 Å². The van der Waals surface area contributed by atoms with Gasteiger partial charge in [0, 0.05) is 23.2 Å². The molecule has 1 aromatic carbocycles. The molecule has 0 bridgehead atoms. The lowest BCUT2D eigenvalue weighted by molar-refractivity contribution is -0.113. The minimum Gasteiger partial charge on any atom is -0.376 e. The quantitative estimate of drug-likeness (QED) is 0.703. The number of carbonyl (C=O) groups is 1. The lowest BCUT2D eigenvalue weighted by Crippen LogP contribution is -2.19. The molecule has 2 fully saturated rings. The number of halogens is 1. The van der Waals surface area contributed by atoms with Crippen molar-refractivity contribution in [3.63, 3.8) is 0 Å². The topological polar surface area (TPSA) is 69.0 Å². The minimum absolute atomic E-state index is 0.0787. The molecule has 1 aromatic heterocycles. The van der Waals surface area contributed by atoms with Gasteiger partial charge in [0.15, 0.2) is 5.16 Å². The fraction of sp³-hybridized carbons (Fsp3) is 0.526. The first-order valence-electron chi connectivity index (χ1n) is 9.33. The molecular weight excluding hydrogens is 384 g/mol. The average molecular weight is 407 g/mol. The number of hydrogen-bond acceptors (Lipinski definition) is 5. The number of anilines is 1. The summed E-state index contributed by atoms with van der Waals surface area (Å²) in [6.07, 6.45) is 4.74. The fourth-order valence-electron chi connectivity index (χ4n) is 3.26. The van der Waals surface area contributed by atoms with E-state index in [0.29, 0.717) is 10.9 Å². The van der Waals surface area contributed by atoms with Crippen LogP contribution in [0.5, 0.6) is 0 Å². The Labute approximate surface area is 168 Å². The van der Waals surface area contributed by atoms with Crippen LogP contribution >= 0.6 is 23.4 Å². The first kappa shape index (κ1) is 18.8. The zero-order chi connectivity index (χ0) is 18.8. The molecule has 1 aliphatic carbocycles. The predicted molar refractivity (Wildman–Crippen MR) is 107 cm³/mol. The van der Waals surface area contributed by atoms with Gasteiger partial charge in [-0.3, -0.25) is 4.79 Å². The van der Waals surface area contributed by atoms with Crippen molar-refractivity contribution in [2.45, 2.75) is 56.3 Å². The Morgan fingerprint density at radius 1 is 1.37 bits per heavy atom. The van der Waals surface area contributed by atoms with Crippen LogP contribution < -0.4 is 5.32 Å². The van der Waals surface area contributed by atoms with Gasteiger partial charge in [0.1, 0.15) is 5.82 Å². The zero-order valence-electron chi connectivity index (χ0n) is 15.3. The van der Waals surface area contributed by atoms with Crippen molar-refractivity contribution in [1.29, 1.82) is 0 Å². The molecule has 2 aliphatic rings. The molecule has 6 nitrogen and oxygen atoms in total. The van der Waals surface area contributed by atoms with Crippen molar-refractivity contribution in [3.05, 3.63) is 34.6 Å². The molecule has 1 unspecified atom stereocenters. The number of hydrogen-bond donors (Lipinski definition) is 1. The van der Waals surface area contributed by atoms with E-state index in [9.17, 15) is 4.79 Å². The van der Waals surface area contributed by atoms with Gasteiger partial charge in [-0.05, 0) is 50.3 Å². The molecule has 2 heterocycles. The number of benzene rings is 1. The normalized spacial score (nSPS) is 19.4. The zero-order valence-corrected chi connectivity index (χ0v) is 16.9. The van der Waals surface area contributed by atoms with Crippen LogP contribution in [0.4, 0.5) is 5.69 Å². The Hall–Kier alpha value is -1.57. The van der Waals surface area contributed by atoms with Crippen molar-refractivity contribution in [3.8, 4) is 0 Å². The standard InChI is InChI=1S/C19H23ClN4O2S/c1-12-4-7-14(20)9-16(12)21-17(25)11-27-19-23-22-18(13-5-6-13)24(19)10-15-3-2-8-26-15/h4,7,9,13,15H,2-3,5-6,8,10-11H2,1H3,(H,21,25). The van der Waals surface area contributed by atoms with Crippen LogP contribution in [0.25, 0.3) is 0 Å².